The van der Waals surface area contributed by atoms with Crippen molar-refractivity contribution in [1.29, 1.82) is 0 Å². The number of benzene rings is 1. The van der Waals surface area contributed by atoms with Crippen LogP contribution in [-0.2, 0) is 4.79 Å². The number of carbonyl (C=O) groups is 1. The fraction of sp³-hybridized carbons (Fsp3) is 0.462. The maximum absolute atomic E-state index is 12.1. The number of amides is 1. The van der Waals surface area contributed by atoms with Crippen LogP contribution in [0.1, 0.15) is 27.2 Å². The molecule has 106 valence electrons. The molecule has 1 aromatic rings. The zero-order valence-electron chi connectivity index (χ0n) is 11.2. The molecule has 0 fully saturated rings. The zero-order valence-corrected chi connectivity index (χ0v) is 13.5. The lowest BCUT2D eigenvalue weighted by atomic mass is 10.2. The summed E-state index contributed by atoms with van der Waals surface area (Å²) in [4.78, 5) is 12.1. The molecule has 0 aromatic heterocycles. The summed E-state index contributed by atoms with van der Waals surface area (Å²) in [6.45, 7) is 6.05. The second-order valence-electron chi connectivity index (χ2n) is 4.35. The Hall–Kier alpha value is -0.580. The van der Waals surface area contributed by atoms with Crippen molar-refractivity contribution in [2.75, 3.05) is 11.1 Å². The number of carbonyl (C=O) groups excluding carboxylic acids is 1. The Bertz CT molecular complexity index is 445. The van der Waals surface area contributed by atoms with E-state index in [1.165, 1.54) is 0 Å². The first-order chi connectivity index (χ1) is 8.85. The molecule has 2 atom stereocenters. The molecule has 19 heavy (non-hydrogen) atoms. The van der Waals surface area contributed by atoms with Gasteiger partial charge in [0, 0.05) is 10.9 Å². The van der Waals surface area contributed by atoms with E-state index in [9.17, 15) is 4.79 Å². The Kier molecular flexibility index (Phi) is 6.30. The molecule has 2 unspecified atom stereocenters. The minimum Gasteiger partial charge on any atom is -0.399 e. The standard InChI is InChI=1S/C13H18Cl2N2OS/c1-4-7(2)19-8(3)13(18)17-12-10(14)5-9(16)6-11(12)15/h5-8H,4,16H2,1-3H3,(H,17,18). The second kappa shape index (κ2) is 7.27. The molecule has 0 heterocycles. The topological polar surface area (TPSA) is 55.1 Å². The number of thioether (sulfide) groups is 1. The van der Waals surface area contributed by atoms with Gasteiger partial charge in [-0.05, 0) is 25.5 Å². The van der Waals surface area contributed by atoms with Crippen molar-refractivity contribution in [3.63, 3.8) is 0 Å². The lowest BCUT2D eigenvalue weighted by Gasteiger charge is -2.17. The van der Waals surface area contributed by atoms with Gasteiger partial charge in [-0.2, -0.15) is 0 Å². The summed E-state index contributed by atoms with van der Waals surface area (Å²) in [5.41, 5.74) is 6.50. The van der Waals surface area contributed by atoms with Gasteiger partial charge in [-0.1, -0.05) is 37.0 Å². The fourth-order valence-electron chi connectivity index (χ4n) is 1.44. The third-order valence-corrected chi connectivity index (χ3v) is 4.71. The van der Waals surface area contributed by atoms with Crippen molar-refractivity contribution in [3.8, 4) is 0 Å². The van der Waals surface area contributed by atoms with E-state index in [0.29, 0.717) is 26.7 Å². The van der Waals surface area contributed by atoms with Gasteiger partial charge in [0.2, 0.25) is 5.91 Å². The molecule has 0 aliphatic heterocycles. The highest BCUT2D eigenvalue weighted by molar-refractivity contribution is 8.01. The first-order valence-electron chi connectivity index (χ1n) is 6.06. The van der Waals surface area contributed by atoms with Crippen molar-refractivity contribution in [2.24, 2.45) is 0 Å². The minimum atomic E-state index is -0.167. The molecule has 1 rings (SSSR count). The molecular weight excluding hydrogens is 303 g/mol. The molecule has 0 saturated carbocycles. The molecular formula is C13H18Cl2N2OS. The summed E-state index contributed by atoms with van der Waals surface area (Å²) < 4.78 is 0. The van der Waals surface area contributed by atoms with Crippen LogP contribution in [0.3, 0.4) is 0 Å². The smallest absolute Gasteiger partial charge is 0.237 e. The number of hydrogen-bond donors (Lipinski definition) is 2. The molecule has 0 radical (unpaired) electrons. The molecule has 0 spiro atoms. The first-order valence-corrected chi connectivity index (χ1v) is 7.75. The molecule has 1 amide bonds. The van der Waals surface area contributed by atoms with Gasteiger partial charge in [-0.3, -0.25) is 4.79 Å². The molecule has 1 aromatic carbocycles. The predicted molar refractivity (Wildman–Crippen MR) is 86.3 cm³/mol. The Labute approximate surface area is 128 Å². The lowest BCUT2D eigenvalue weighted by Crippen LogP contribution is -2.24. The van der Waals surface area contributed by atoms with E-state index in [1.807, 2.05) is 6.92 Å². The van der Waals surface area contributed by atoms with E-state index >= 15 is 0 Å². The van der Waals surface area contributed by atoms with Gasteiger partial charge in [0.1, 0.15) is 0 Å². The Balaban J connectivity index is 2.77. The third-order valence-electron chi connectivity index (χ3n) is 2.69. The lowest BCUT2D eigenvalue weighted by molar-refractivity contribution is -0.115. The van der Waals surface area contributed by atoms with Crippen LogP contribution < -0.4 is 11.1 Å². The van der Waals surface area contributed by atoms with Crippen LogP contribution in [0.15, 0.2) is 12.1 Å². The van der Waals surface area contributed by atoms with Crippen LogP contribution in [-0.4, -0.2) is 16.4 Å². The van der Waals surface area contributed by atoms with Crippen LogP contribution >= 0.6 is 35.0 Å². The molecule has 3 N–H and O–H groups in total. The number of nitrogens with two attached hydrogens (primary N) is 1. The van der Waals surface area contributed by atoms with E-state index in [0.717, 1.165) is 6.42 Å². The highest BCUT2D eigenvalue weighted by atomic mass is 35.5. The fourth-order valence-corrected chi connectivity index (χ4v) is 3.11. The summed E-state index contributed by atoms with van der Waals surface area (Å²) in [6, 6.07) is 3.13. The molecule has 0 saturated heterocycles. The van der Waals surface area contributed by atoms with E-state index in [1.54, 1.807) is 23.9 Å². The zero-order chi connectivity index (χ0) is 14.6. The van der Waals surface area contributed by atoms with Crippen LogP contribution in [0.25, 0.3) is 0 Å². The average molecular weight is 321 g/mol. The Morgan fingerprint density at radius 3 is 2.37 bits per heavy atom. The Morgan fingerprint density at radius 2 is 1.89 bits per heavy atom. The molecule has 0 aliphatic rings. The summed E-state index contributed by atoms with van der Waals surface area (Å²) in [7, 11) is 0. The van der Waals surface area contributed by atoms with Crippen LogP contribution in [0.4, 0.5) is 11.4 Å². The largest absolute Gasteiger partial charge is 0.399 e. The first kappa shape index (κ1) is 16.5. The van der Waals surface area contributed by atoms with Gasteiger partial charge in [-0.15, -0.1) is 11.8 Å². The number of nitrogen functional groups attached to an aromatic ring is 1. The normalized spacial score (nSPS) is 13.9. The van der Waals surface area contributed by atoms with Crippen LogP contribution in [0.5, 0.6) is 0 Å². The van der Waals surface area contributed by atoms with Crippen LogP contribution in [0.2, 0.25) is 10.0 Å². The van der Waals surface area contributed by atoms with Crippen LogP contribution in [0, 0.1) is 0 Å². The van der Waals surface area contributed by atoms with Gasteiger partial charge in [0.25, 0.3) is 0 Å². The van der Waals surface area contributed by atoms with Crippen molar-refractivity contribution in [2.45, 2.75) is 37.7 Å². The van der Waals surface area contributed by atoms with Gasteiger partial charge < -0.3 is 11.1 Å². The maximum Gasteiger partial charge on any atom is 0.237 e. The van der Waals surface area contributed by atoms with Crippen molar-refractivity contribution < 1.29 is 4.79 Å². The summed E-state index contributed by atoms with van der Waals surface area (Å²) >= 11 is 13.7. The summed E-state index contributed by atoms with van der Waals surface area (Å²) in [5.74, 6) is -0.112. The minimum absolute atomic E-state index is 0.112. The average Bonchev–Trinajstić information content (AvgIpc) is 2.32. The maximum atomic E-state index is 12.1. The summed E-state index contributed by atoms with van der Waals surface area (Å²) in [6.07, 6.45) is 1.02. The predicted octanol–water partition coefficient (Wildman–Crippen LogP) is 4.43. The van der Waals surface area contributed by atoms with E-state index in [-0.39, 0.29) is 11.2 Å². The molecule has 3 nitrogen and oxygen atoms in total. The van der Waals surface area contributed by atoms with Gasteiger partial charge in [0.05, 0.1) is 21.0 Å². The van der Waals surface area contributed by atoms with Gasteiger partial charge >= 0.3 is 0 Å². The quantitative estimate of drug-likeness (QED) is 0.789. The molecule has 6 heteroatoms. The van der Waals surface area contributed by atoms with Crippen molar-refractivity contribution in [3.05, 3.63) is 22.2 Å². The number of nitrogens with one attached hydrogen (secondary N) is 1. The number of anilines is 2. The Morgan fingerprint density at radius 1 is 1.37 bits per heavy atom. The van der Waals surface area contributed by atoms with Crippen molar-refractivity contribution in [1.82, 2.24) is 0 Å². The monoisotopic (exact) mass is 320 g/mol. The third kappa shape index (κ3) is 4.79. The van der Waals surface area contributed by atoms with E-state index < -0.39 is 0 Å². The second-order valence-corrected chi connectivity index (χ2v) is 6.94. The van der Waals surface area contributed by atoms with E-state index in [2.05, 4.69) is 19.2 Å². The van der Waals surface area contributed by atoms with Crippen molar-refractivity contribution >= 4 is 52.2 Å². The van der Waals surface area contributed by atoms with Gasteiger partial charge in [-0.25, -0.2) is 0 Å². The molecule has 0 aliphatic carbocycles. The number of halogens is 2. The summed E-state index contributed by atoms with van der Waals surface area (Å²) in [5, 5.41) is 3.71. The highest BCUT2D eigenvalue weighted by Crippen LogP contribution is 2.33. The SMILES string of the molecule is CCC(C)SC(C)C(=O)Nc1c(Cl)cc(N)cc1Cl. The van der Waals surface area contributed by atoms with E-state index in [4.69, 9.17) is 28.9 Å². The van der Waals surface area contributed by atoms with Gasteiger partial charge in [0.15, 0.2) is 0 Å². The molecule has 0 bridgehead atoms. The highest BCUT2D eigenvalue weighted by Gasteiger charge is 2.18. The number of hydrogen-bond acceptors (Lipinski definition) is 3. The number of rotatable bonds is 5.